The predicted molar refractivity (Wildman–Crippen MR) is 114 cm³/mol. The van der Waals surface area contributed by atoms with Crippen molar-refractivity contribution in [2.45, 2.75) is 20.4 Å². The molecule has 0 aliphatic carbocycles. The maximum atomic E-state index is 11.6. The van der Waals surface area contributed by atoms with Gasteiger partial charge in [0.2, 0.25) is 0 Å². The topological polar surface area (TPSA) is 64.9 Å². The second kappa shape index (κ2) is 9.10. The van der Waals surface area contributed by atoms with Crippen LogP contribution in [0.2, 0.25) is 0 Å². The molecule has 0 aliphatic rings. The molecule has 0 bridgehead atoms. The molecule has 6 nitrogen and oxygen atoms in total. The Morgan fingerprint density at radius 1 is 1.10 bits per heavy atom. The van der Waals surface area contributed by atoms with Crippen LogP contribution in [0.15, 0.2) is 59.7 Å². The number of nitrogens with one attached hydrogen (secondary N) is 1. The third kappa shape index (κ3) is 4.48. The van der Waals surface area contributed by atoms with Crippen LogP contribution >= 0.6 is 0 Å². The number of carbonyl (C=O) groups is 1. The SMILES string of the molecule is COC(=O)c1ccc(-n2c(C)cc(/C=N/NCc3ccccc3OC)c2C)cc1. The first-order chi connectivity index (χ1) is 14.0. The monoisotopic (exact) mass is 391 g/mol. The lowest BCUT2D eigenvalue weighted by molar-refractivity contribution is 0.0600. The minimum atomic E-state index is -0.341. The lowest BCUT2D eigenvalue weighted by Crippen LogP contribution is -2.07. The molecule has 0 atom stereocenters. The van der Waals surface area contributed by atoms with Crippen LogP contribution in [-0.4, -0.2) is 31.0 Å². The number of ether oxygens (including phenoxy) is 2. The first kappa shape index (κ1) is 20.2. The number of carbonyl (C=O) groups excluding carboxylic acids is 1. The van der Waals surface area contributed by atoms with E-state index in [1.54, 1.807) is 19.2 Å². The smallest absolute Gasteiger partial charge is 0.337 e. The van der Waals surface area contributed by atoms with Crippen LogP contribution in [0.1, 0.15) is 32.9 Å². The van der Waals surface area contributed by atoms with Crippen LogP contribution in [0, 0.1) is 13.8 Å². The van der Waals surface area contributed by atoms with Gasteiger partial charge < -0.3 is 19.5 Å². The second-order valence-corrected chi connectivity index (χ2v) is 6.61. The van der Waals surface area contributed by atoms with Crippen molar-refractivity contribution in [3.05, 3.63) is 82.7 Å². The molecule has 1 heterocycles. The maximum absolute atomic E-state index is 11.6. The molecule has 0 saturated carbocycles. The summed E-state index contributed by atoms with van der Waals surface area (Å²) in [7, 11) is 3.04. The molecule has 0 saturated heterocycles. The van der Waals surface area contributed by atoms with Crippen molar-refractivity contribution in [3.63, 3.8) is 0 Å². The number of hydrazone groups is 1. The zero-order valence-electron chi connectivity index (χ0n) is 17.1. The molecular formula is C23H25N3O3. The third-order valence-electron chi connectivity index (χ3n) is 4.77. The fourth-order valence-corrected chi connectivity index (χ4v) is 3.28. The van der Waals surface area contributed by atoms with Gasteiger partial charge in [-0.2, -0.15) is 5.10 Å². The number of para-hydroxylation sites is 1. The van der Waals surface area contributed by atoms with Crippen molar-refractivity contribution in [2.24, 2.45) is 5.10 Å². The van der Waals surface area contributed by atoms with Gasteiger partial charge in [-0.15, -0.1) is 0 Å². The minimum Gasteiger partial charge on any atom is -0.496 e. The summed E-state index contributed by atoms with van der Waals surface area (Å²) in [5.74, 6) is 0.496. The van der Waals surface area contributed by atoms with E-state index in [0.717, 1.165) is 34.0 Å². The molecule has 0 amide bonds. The van der Waals surface area contributed by atoms with E-state index in [2.05, 4.69) is 21.2 Å². The number of hydrogen-bond donors (Lipinski definition) is 1. The highest BCUT2D eigenvalue weighted by Crippen LogP contribution is 2.21. The van der Waals surface area contributed by atoms with E-state index in [1.807, 2.05) is 56.5 Å². The summed E-state index contributed by atoms with van der Waals surface area (Å²) in [4.78, 5) is 11.6. The van der Waals surface area contributed by atoms with E-state index in [1.165, 1.54) is 7.11 Å². The Morgan fingerprint density at radius 2 is 1.83 bits per heavy atom. The van der Waals surface area contributed by atoms with Gasteiger partial charge in [-0.05, 0) is 50.2 Å². The van der Waals surface area contributed by atoms with Crippen molar-refractivity contribution < 1.29 is 14.3 Å². The standard InChI is InChI=1S/C23H25N3O3/c1-16-13-20(15-25-24-14-19-7-5-6-8-22(19)28-3)17(2)26(16)21-11-9-18(10-12-21)23(27)29-4/h5-13,15,24H,14H2,1-4H3/b25-15+. The van der Waals surface area contributed by atoms with Crippen molar-refractivity contribution in [1.82, 2.24) is 9.99 Å². The van der Waals surface area contributed by atoms with Crippen molar-refractivity contribution in [3.8, 4) is 11.4 Å². The number of hydrogen-bond acceptors (Lipinski definition) is 5. The normalized spacial score (nSPS) is 10.9. The van der Waals surface area contributed by atoms with E-state index < -0.39 is 0 Å². The average molecular weight is 391 g/mol. The number of esters is 1. The summed E-state index contributed by atoms with van der Waals surface area (Å²) < 4.78 is 12.2. The average Bonchev–Trinajstić information content (AvgIpc) is 3.04. The highest BCUT2D eigenvalue weighted by atomic mass is 16.5. The molecule has 0 aliphatic heterocycles. The van der Waals surface area contributed by atoms with Gasteiger partial charge in [0.15, 0.2) is 0 Å². The van der Waals surface area contributed by atoms with Gasteiger partial charge in [0.25, 0.3) is 0 Å². The lowest BCUT2D eigenvalue weighted by atomic mass is 10.2. The largest absolute Gasteiger partial charge is 0.496 e. The minimum absolute atomic E-state index is 0.341. The number of rotatable bonds is 7. The molecule has 29 heavy (non-hydrogen) atoms. The quantitative estimate of drug-likeness (QED) is 0.375. The lowest BCUT2D eigenvalue weighted by Gasteiger charge is -2.10. The molecule has 3 rings (SSSR count). The molecule has 1 N–H and O–H groups in total. The molecular weight excluding hydrogens is 366 g/mol. The maximum Gasteiger partial charge on any atom is 0.337 e. The summed E-state index contributed by atoms with van der Waals surface area (Å²) in [6.07, 6.45) is 1.82. The van der Waals surface area contributed by atoms with Crippen molar-refractivity contribution in [1.29, 1.82) is 0 Å². The van der Waals surface area contributed by atoms with Crippen LogP contribution in [0.4, 0.5) is 0 Å². The first-order valence-corrected chi connectivity index (χ1v) is 9.30. The zero-order valence-corrected chi connectivity index (χ0v) is 17.1. The van der Waals surface area contributed by atoms with Crippen LogP contribution in [-0.2, 0) is 11.3 Å². The third-order valence-corrected chi connectivity index (χ3v) is 4.77. The first-order valence-electron chi connectivity index (χ1n) is 9.30. The van der Waals surface area contributed by atoms with Gasteiger partial charge in [-0.1, -0.05) is 18.2 Å². The number of aryl methyl sites for hydroxylation is 1. The molecule has 150 valence electrons. The second-order valence-electron chi connectivity index (χ2n) is 6.61. The van der Waals surface area contributed by atoms with Gasteiger partial charge in [0.1, 0.15) is 5.75 Å². The van der Waals surface area contributed by atoms with Gasteiger partial charge in [-0.25, -0.2) is 4.79 Å². The van der Waals surface area contributed by atoms with Crippen molar-refractivity contribution >= 4 is 12.2 Å². The number of benzene rings is 2. The van der Waals surface area contributed by atoms with E-state index >= 15 is 0 Å². The summed E-state index contributed by atoms with van der Waals surface area (Å²) in [5.41, 5.74) is 8.80. The molecule has 6 heteroatoms. The molecule has 0 spiro atoms. The summed E-state index contributed by atoms with van der Waals surface area (Å²) in [6.45, 7) is 4.66. The molecule has 3 aromatic rings. The summed E-state index contributed by atoms with van der Waals surface area (Å²) in [6, 6.07) is 17.3. The van der Waals surface area contributed by atoms with E-state index in [9.17, 15) is 4.79 Å². The van der Waals surface area contributed by atoms with E-state index in [-0.39, 0.29) is 5.97 Å². The van der Waals surface area contributed by atoms with Crippen LogP contribution in [0.3, 0.4) is 0 Å². The van der Waals surface area contributed by atoms with Gasteiger partial charge in [-0.3, -0.25) is 0 Å². The Balaban J connectivity index is 1.74. The Kier molecular flexibility index (Phi) is 6.34. The zero-order chi connectivity index (χ0) is 20.8. The number of methoxy groups -OCH3 is 2. The number of nitrogens with zero attached hydrogens (tertiary/aromatic N) is 2. The van der Waals surface area contributed by atoms with E-state index in [0.29, 0.717) is 12.1 Å². The Labute approximate surface area is 170 Å². The number of aromatic nitrogens is 1. The fourth-order valence-electron chi connectivity index (χ4n) is 3.28. The molecule has 0 unspecified atom stereocenters. The Bertz CT molecular complexity index is 1020. The predicted octanol–water partition coefficient (Wildman–Crippen LogP) is 4.01. The van der Waals surface area contributed by atoms with Crippen LogP contribution in [0.25, 0.3) is 5.69 Å². The molecule has 0 radical (unpaired) electrons. The molecule has 2 aromatic carbocycles. The van der Waals surface area contributed by atoms with Gasteiger partial charge >= 0.3 is 5.97 Å². The molecule has 0 fully saturated rings. The van der Waals surface area contributed by atoms with E-state index in [4.69, 9.17) is 9.47 Å². The molecule has 1 aromatic heterocycles. The van der Waals surface area contributed by atoms with Crippen LogP contribution in [0.5, 0.6) is 5.75 Å². The summed E-state index contributed by atoms with van der Waals surface area (Å²) >= 11 is 0. The van der Waals surface area contributed by atoms with Gasteiger partial charge in [0.05, 0.1) is 32.5 Å². The fraction of sp³-hybridized carbons (Fsp3) is 0.217. The van der Waals surface area contributed by atoms with Crippen LogP contribution < -0.4 is 10.2 Å². The Morgan fingerprint density at radius 3 is 2.52 bits per heavy atom. The highest BCUT2D eigenvalue weighted by Gasteiger charge is 2.11. The Hall–Kier alpha value is -3.54. The van der Waals surface area contributed by atoms with Crippen molar-refractivity contribution in [2.75, 3.05) is 14.2 Å². The van der Waals surface area contributed by atoms with Gasteiger partial charge in [0, 0.05) is 28.2 Å². The highest BCUT2D eigenvalue weighted by molar-refractivity contribution is 5.89. The summed E-state index contributed by atoms with van der Waals surface area (Å²) in [5, 5.41) is 4.36.